The van der Waals surface area contributed by atoms with Gasteiger partial charge in [-0.3, -0.25) is 5.10 Å². The average molecular weight is 252 g/mol. The summed E-state index contributed by atoms with van der Waals surface area (Å²) in [5.74, 6) is 1.80. The molecular formula is C13H12N6. The van der Waals surface area contributed by atoms with Crippen molar-refractivity contribution in [2.75, 3.05) is 12.4 Å². The number of nitrogens with one attached hydrogen (secondary N) is 2. The van der Waals surface area contributed by atoms with Gasteiger partial charge in [0.25, 0.3) is 0 Å². The quantitative estimate of drug-likeness (QED) is 0.745. The lowest BCUT2D eigenvalue weighted by Crippen LogP contribution is -1.99. The highest BCUT2D eigenvalue weighted by Crippen LogP contribution is 2.22. The first-order valence-corrected chi connectivity index (χ1v) is 5.85. The second-order valence-electron chi connectivity index (χ2n) is 3.91. The normalized spacial score (nSPS) is 10.4. The number of aromatic nitrogens is 5. The van der Waals surface area contributed by atoms with Crippen LogP contribution < -0.4 is 5.32 Å². The van der Waals surface area contributed by atoms with E-state index in [1.807, 2.05) is 43.4 Å². The van der Waals surface area contributed by atoms with Crippen LogP contribution in [0, 0.1) is 0 Å². The molecule has 19 heavy (non-hydrogen) atoms. The molecule has 2 heterocycles. The van der Waals surface area contributed by atoms with Crippen molar-refractivity contribution in [1.29, 1.82) is 0 Å². The molecule has 0 unspecified atom stereocenters. The summed E-state index contributed by atoms with van der Waals surface area (Å²) in [5, 5.41) is 9.62. The third-order valence-corrected chi connectivity index (χ3v) is 2.68. The number of H-pyrrole nitrogens is 1. The lowest BCUT2D eigenvalue weighted by atomic mass is 10.1. The van der Waals surface area contributed by atoms with Crippen LogP contribution in [0.25, 0.3) is 22.9 Å². The predicted molar refractivity (Wildman–Crippen MR) is 72.4 cm³/mol. The van der Waals surface area contributed by atoms with Gasteiger partial charge in [-0.25, -0.2) is 15.0 Å². The number of nitrogens with zero attached hydrogens (tertiary/aromatic N) is 4. The van der Waals surface area contributed by atoms with Gasteiger partial charge in [0.05, 0.1) is 5.69 Å². The van der Waals surface area contributed by atoms with E-state index in [4.69, 9.17) is 0 Å². The molecule has 6 nitrogen and oxygen atoms in total. The maximum atomic E-state index is 4.51. The zero-order valence-corrected chi connectivity index (χ0v) is 10.3. The van der Waals surface area contributed by atoms with E-state index in [-0.39, 0.29) is 0 Å². The van der Waals surface area contributed by atoms with Crippen LogP contribution in [0.2, 0.25) is 0 Å². The molecule has 0 saturated carbocycles. The average Bonchev–Trinajstić information content (AvgIpc) is 3.02. The molecule has 6 heteroatoms. The number of hydrogen-bond donors (Lipinski definition) is 2. The van der Waals surface area contributed by atoms with E-state index < -0.39 is 0 Å². The van der Waals surface area contributed by atoms with E-state index in [2.05, 4.69) is 30.5 Å². The molecule has 0 aliphatic heterocycles. The molecule has 0 spiro atoms. The Morgan fingerprint density at radius 3 is 2.63 bits per heavy atom. The van der Waals surface area contributed by atoms with Crippen molar-refractivity contribution < 1.29 is 0 Å². The van der Waals surface area contributed by atoms with Crippen LogP contribution in [0.15, 0.2) is 42.7 Å². The van der Waals surface area contributed by atoms with Crippen LogP contribution in [0.1, 0.15) is 0 Å². The molecule has 3 aromatic rings. The lowest BCUT2D eigenvalue weighted by molar-refractivity contribution is 1.06. The molecule has 0 amide bonds. The third kappa shape index (κ3) is 2.28. The second kappa shape index (κ2) is 4.85. The minimum atomic E-state index is 0.517. The van der Waals surface area contributed by atoms with Gasteiger partial charge in [-0.05, 0) is 0 Å². The first-order chi connectivity index (χ1) is 9.36. The summed E-state index contributed by atoms with van der Waals surface area (Å²) in [5.41, 5.74) is 1.87. The Kier molecular flexibility index (Phi) is 2.89. The Hall–Kier alpha value is -2.76. The van der Waals surface area contributed by atoms with Crippen molar-refractivity contribution >= 4 is 5.82 Å². The number of rotatable bonds is 3. The molecule has 0 saturated heterocycles. The Bertz CT molecular complexity index is 663. The zero-order valence-electron chi connectivity index (χ0n) is 10.3. The van der Waals surface area contributed by atoms with Crippen molar-refractivity contribution in [3.05, 3.63) is 42.7 Å². The van der Waals surface area contributed by atoms with E-state index >= 15 is 0 Å². The highest BCUT2D eigenvalue weighted by atomic mass is 15.2. The van der Waals surface area contributed by atoms with Gasteiger partial charge in [0.1, 0.15) is 12.1 Å². The fourth-order valence-electron chi connectivity index (χ4n) is 1.75. The van der Waals surface area contributed by atoms with Crippen molar-refractivity contribution in [2.45, 2.75) is 0 Å². The standard InChI is InChI=1S/C13H12N6/c1-14-11-7-10(9-5-3-2-4-6-9)17-13(18-11)12-15-8-16-19-12/h2-8H,1H3,(H,14,17,18)(H,15,16,19). The van der Waals surface area contributed by atoms with Gasteiger partial charge < -0.3 is 5.32 Å². The summed E-state index contributed by atoms with van der Waals surface area (Å²) in [6.07, 6.45) is 1.44. The molecule has 0 aliphatic rings. The molecule has 0 aliphatic carbocycles. The Morgan fingerprint density at radius 2 is 1.95 bits per heavy atom. The van der Waals surface area contributed by atoms with E-state index in [0.717, 1.165) is 17.1 Å². The van der Waals surface area contributed by atoms with Crippen LogP contribution in [0.3, 0.4) is 0 Å². The van der Waals surface area contributed by atoms with Gasteiger partial charge in [-0.15, -0.1) is 0 Å². The summed E-state index contributed by atoms with van der Waals surface area (Å²) in [7, 11) is 1.82. The molecule has 94 valence electrons. The van der Waals surface area contributed by atoms with E-state index in [9.17, 15) is 0 Å². The maximum absolute atomic E-state index is 4.51. The molecule has 3 rings (SSSR count). The van der Waals surface area contributed by atoms with Gasteiger partial charge >= 0.3 is 0 Å². The van der Waals surface area contributed by atoms with Gasteiger partial charge in [-0.1, -0.05) is 30.3 Å². The van der Waals surface area contributed by atoms with Gasteiger partial charge in [0.2, 0.25) is 0 Å². The largest absolute Gasteiger partial charge is 0.373 e. The summed E-state index contributed by atoms with van der Waals surface area (Å²) in [6.45, 7) is 0. The molecule has 2 aromatic heterocycles. The van der Waals surface area contributed by atoms with Crippen molar-refractivity contribution in [3.63, 3.8) is 0 Å². The van der Waals surface area contributed by atoms with Crippen LogP contribution in [0.4, 0.5) is 5.82 Å². The van der Waals surface area contributed by atoms with Gasteiger partial charge in [0.15, 0.2) is 11.6 Å². The molecule has 0 atom stereocenters. The Labute approximate surface area is 110 Å². The highest BCUT2D eigenvalue weighted by molar-refractivity contribution is 5.65. The molecule has 1 aromatic carbocycles. The predicted octanol–water partition coefficient (Wildman–Crippen LogP) is 1.97. The smallest absolute Gasteiger partial charge is 0.199 e. The first kappa shape index (κ1) is 11.3. The molecule has 0 fully saturated rings. The fourth-order valence-corrected chi connectivity index (χ4v) is 1.75. The number of anilines is 1. The maximum Gasteiger partial charge on any atom is 0.199 e. The van der Waals surface area contributed by atoms with E-state index in [0.29, 0.717) is 11.6 Å². The van der Waals surface area contributed by atoms with Crippen LogP contribution in [-0.4, -0.2) is 32.2 Å². The van der Waals surface area contributed by atoms with Crippen LogP contribution >= 0.6 is 0 Å². The summed E-state index contributed by atoms with van der Waals surface area (Å²) < 4.78 is 0. The van der Waals surface area contributed by atoms with Crippen molar-refractivity contribution in [1.82, 2.24) is 25.1 Å². The molecular weight excluding hydrogens is 240 g/mol. The van der Waals surface area contributed by atoms with Gasteiger partial charge in [-0.2, -0.15) is 5.10 Å². The topological polar surface area (TPSA) is 79.4 Å². The van der Waals surface area contributed by atoms with E-state index in [1.54, 1.807) is 0 Å². The lowest BCUT2D eigenvalue weighted by Gasteiger charge is -2.06. The Morgan fingerprint density at radius 1 is 1.11 bits per heavy atom. The SMILES string of the molecule is CNc1cc(-c2ccccc2)nc(-c2ncn[nH]2)n1. The summed E-state index contributed by atoms with van der Waals surface area (Å²) in [6, 6.07) is 11.8. The summed E-state index contributed by atoms with van der Waals surface area (Å²) in [4.78, 5) is 13.0. The number of hydrogen-bond acceptors (Lipinski definition) is 5. The summed E-state index contributed by atoms with van der Waals surface area (Å²) >= 11 is 0. The third-order valence-electron chi connectivity index (χ3n) is 2.68. The minimum Gasteiger partial charge on any atom is -0.373 e. The van der Waals surface area contributed by atoms with Crippen LogP contribution in [0.5, 0.6) is 0 Å². The monoisotopic (exact) mass is 252 g/mol. The molecule has 0 radical (unpaired) electrons. The number of aromatic amines is 1. The zero-order chi connectivity index (χ0) is 13.1. The molecule has 0 bridgehead atoms. The molecule has 2 N–H and O–H groups in total. The minimum absolute atomic E-state index is 0.517. The van der Waals surface area contributed by atoms with Crippen molar-refractivity contribution in [3.8, 4) is 22.9 Å². The second-order valence-corrected chi connectivity index (χ2v) is 3.91. The van der Waals surface area contributed by atoms with E-state index in [1.165, 1.54) is 6.33 Å². The van der Waals surface area contributed by atoms with Crippen molar-refractivity contribution in [2.24, 2.45) is 0 Å². The Balaban J connectivity index is 2.13. The fraction of sp³-hybridized carbons (Fsp3) is 0.0769. The highest BCUT2D eigenvalue weighted by Gasteiger charge is 2.09. The van der Waals surface area contributed by atoms with Gasteiger partial charge in [0, 0.05) is 18.7 Å². The van der Waals surface area contributed by atoms with Crippen LogP contribution in [-0.2, 0) is 0 Å². The number of benzene rings is 1. The first-order valence-electron chi connectivity index (χ1n) is 5.85.